The van der Waals surface area contributed by atoms with Crippen molar-refractivity contribution >= 4 is 34.6 Å². The summed E-state index contributed by atoms with van der Waals surface area (Å²) < 4.78 is 0. The Labute approximate surface area is 111 Å². The fourth-order valence-corrected chi connectivity index (χ4v) is 1.84. The van der Waals surface area contributed by atoms with E-state index < -0.39 is 0 Å². The Morgan fingerprint density at radius 3 is 2.78 bits per heavy atom. The van der Waals surface area contributed by atoms with Crippen LogP contribution in [0, 0.1) is 0 Å². The van der Waals surface area contributed by atoms with Crippen LogP contribution in [0.25, 0.3) is 0 Å². The summed E-state index contributed by atoms with van der Waals surface area (Å²) >= 11 is 5.06. The first-order valence-corrected chi connectivity index (χ1v) is 5.88. The van der Waals surface area contributed by atoms with Gasteiger partial charge in [-0.3, -0.25) is 4.79 Å². The van der Waals surface area contributed by atoms with Crippen LogP contribution in [-0.2, 0) is 4.79 Å². The number of benzene rings is 1. The van der Waals surface area contributed by atoms with Crippen molar-refractivity contribution < 1.29 is 4.79 Å². The highest BCUT2D eigenvalue weighted by atomic mass is 32.1. The lowest BCUT2D eigenvalue weighted by Gasteiger charge is -2.14. The van der Waals surface area contributed by atoms with Gasteiger partial charge in [0.2, 0.25) is 0 Å². The molecular weight excluding hydrogens is 248 g/mol. The number of hydrazone groups is 1. The fourth-order valence-electron chi connectivity index (χ4n) is 1.80. The summed E-state index contributed by atoms with van der Waals surface area (Å²) in [4.78, 5) is 13.7. The molecule has 0 bridgehead atoms. The Bertz CT molecular complexity index is 541. The molecule has 1 N–H and O–H groups in total. The van der Waals surface area contributed by atoms with Gasteiger partial charge in [0.15, 0.2) is 10.8 Å². The van der Waals surface area contributed by atoms with Crippen molar-refractivity contribution in [1.82, 2.24) is 10.3 Å². The number of nitrogens with zero attached hydrogens (tertiary/aromatic N) is 3. The first-order valence-electron chi connectivity index (χ1n) is 5.47. The number of para-hydroxylation sites is 1. The first-order chi connectivity index (χ1) is 8.56. The molecule has 0 spiro atoms. The van der Waals surface area contributed by atoms with Crippen LogP contribution in [0.4, 0.5) is 5.69 Å². The molecule has 0 atom stereocenters. The third-order valence-corrected chi connectivity index (χ3v) is 3.25. The number of anilines is 1. The van der Waals surface area contributed by atoms with Gasteiger partial charge in [0.05, 0.1) is 5.69 Å². The zero-order valence-corrected chi connectivity index (χ0v) is 11.3. The Balaban J connectivity index is 2.43. The number of likely N-dealkylation sites (N-methyl/N-ethyl adjacent to an activating group) is 1. The number of nitrogens with one attached hydrogen (secondary N) is 1. The highest BCUT2D eigenvalue weighted by Gasteiger charge is 2.31. The van der Waals surface area contributed by atoms with Crippen LogP contribution in [0.5, 0.6) is 0 Å². The molecule has 1 aromatic carbocycles. The Morgan fingerprint density at radius 2 is 2.11 bits per heavy atom. The first kappa shape index (κ1) is 12.5. The van der Waals surface area contributed by atoms with Crippen molar-refractivity contribution in [3.8, 4) is 0 Å². The van der Waals surface area contributed by atoms with Crippen LogP contribution in [-0.4, -0.2) is 42.9 Å². The quantitative estimate of drug-likeness (QED) is 0.601. The number of hydrogen-bond acceptors (Lipinski definition) is 3. The van der Waals surface area contributed by atoms with Crippen molar-refractivity contribution in [1.29, 1.82) is 0 Å². The molecule has 1 aliphatic heterocycles. The minimum atomic E-state index is -0.123. The summed E-state index contributed by atoms with van der Waals surface area (Å²) in [6.07, 6.45) is 0. The molecule has 5 nitrogen and oxygen atoms in total. The predicted molar refractivity (Wildman–Crippen MR) is 75.8 cm³/mol. The van der Waals surface area contributed by atoms with E-state index in [4.69, 9.17) is 12.2 Å². The highest BCUT2D eigenvalue weighted by molar-refractivity contribution is 7.80. The SMILES string of the molecule is CNC(=S)N(C)/N=C1/C(=O)N(C)c2ccccc21. The topological polar surface area (TPSA) is 47.9 Å². The lowest BCUT2D eigenvalue weighted by molar-refractivity contribution is -0.112. The van der Waals surface area contributed by atoms with Crippen LogP contribution in [0.2, 0.25) is 0 Å². The van der Waals surface area contributed by atoms with Crippen LogP contribution in [0.15, 0.2) is 29.4 Å². The normalized spacial score (nSPS) is 15.8. The average molecular weight is 262 g/mol. The Morgan fingerprint density at radius 1 is 1.44 bits per heavy atom. The van der Waals surface area contributed by atoms with Gasteiger partial charge in [-0.1, -0.05) is 18.2 Å². The summed E-state index contributed by atoms with van der Waals surface area (Å²) in [5, 5.41) is 9.03. The molecule has 0 aromatic heterocycles. The highest BCUT2D eigenvalue weighted by Crippen LogP contribution is 2.27. The second-order valence-corrected chi connectivity index (χ2v) is 4.30. The van der Waals surface area contributed by atoms with Crippen LogP contribution in [0.3, 0.4) is 0 Å². The lowest BCUT2D eigenvalue weighted by atomic mass is 10.1. The molecule has 0 aliphatic carbocycles. The summed E-state index contributed by atoms with van der Waals surface area (Å²) in [6, 6.07) is 7.56. The zero-order valence-electron chi connectivity index (χ0n) is 10.5. The molecule has 0 radical (unpaired) electrons. The number of thiocarbonyl (C=S) groups is 1. The van der Waals surface area contributed by atoms with Gasteiger partial charge in [-0.05, 0) is 18.3 Å². The van der Waals surface area contributed by atoms with E-state index >= 15 is 0 Å². The van der Waals surface area contributed by atoms with Gasteiger partial charge in [0.1, 0.15) is 0 Å². The van der Waals surface area contributed by atoms with Gasteiger partial charge in [-0.2, -0.15) is 5.10 Å². The molecule has 1 aromatic rings. The molecule has 18 heavy (non-hydrogen) atoms. The fraction of sp³-hybridized carbons (Fsp3) is 0.250. The van der Waals surface area contributed by atoms with Gasteiger partial charge < -0.3 is 10.2 Å². The average Bonchev–Trinajstić information content (AvgIpc) is 2.63. The van der Waals surface area contributed by atoms with Crippen LogP contribution >= 0.6 is 12.2 Å². The summed E-state index contributed by atoms with van der Waals surface area (Å²) in [5.41, 5.74) is 2.11. The third-order valence-electron chi connectivity index (χ3n) is 2.79. The van der Waals surface area contributed by atoms with Gasteiger partial charge in [0, 0.05) is 26.7 Å². The summed E-state index contributed by atoms with van der Waals surface area (Å²) in [5.74, 6) is -0.123. The van der Waals surface area contributed by atoms with E-state index in [9.17, 15) is 4.79 Å². The summed E-state index contributed by atoms with van der Waals surface area (Å²) in [6.45, 7) is 0. The van der Waals surface area contributed by atoms with Crippen LogP contribution < -0.4 is 10.2 Å². The molecule has 0 fully saturated rings. The summed E-state index contributed by atoms with van der Waals surface area (Å²) in [7, 11) is 5.16. The van der Waals surface area contributed by atoms with Gasteiger partial charge in [0.25, 0.3) is 5.91 Å². The molecule has 2 rings (SSSR count). The lowest BCUT2D eigenvalue weighted by Crippen LogP contribution is -2.33. The number of fused-ring (bicyclic) bond motifs is 1. The van der Waals surface area contributed by atoms with Gasteiger partial charge in [-0.15, -0.1) is 0 Å². The van der Waals surface area contributed by atoms with Crippen molar-refractivity contribution in [3.63, 3.8) is 0 Å². The maximum absolute atomic E-state index is 12.1. The van der Waals surface area contributed by atoms with E-state index in [-0.39, 0.29) is 5.91 Å². The Kier molecular flexibility index (Phi) is 3.29. The van der Waals surface area contributed by atoms with Gasteiger partial charge >= 0.3 is 0 Å². The smallest absolute Gasteiger partial charge is 0.279 e. The van der Waals surface area contributed by atoms with E-state index in [0.717, 1.165) is 11.3 Å². The molecule has 0 unspecified atom stereocenters. The molecule has 6 heteroatoms. The molecule has 1 heterocycles. The van der Waals surface area contributed by atoms with Crippen molar-refractivity contribution in [3.05, 3.63) is 29.8 Å². The van der Waals surface area contributed by atoms with E-state index in [1.807, 2.05) is 24.3 Å². The van der Waals surface area contributed by atoms with Crippen molar-refractivity contribution in [2.45, 2.75) is 0 Å². The number of carbonyl (C=O) groups is 1. The van der Waals surface area contributed by atoms with Gasteiger partial charge in [-0.25, -0.2) is 5.01 Å². The van der Waals surface area contributed by atoms with E-state index in [2.05, 4.69) is 10.4 Å². The number of rotatable bonds is 1. The minimum Gasteiger partial charge on any atom is -0.364 e. The number of hydrogen-bond donors (Lipinski definition) is 1. The van der Waals surface area contributed by atoms with E-state index in [1.54, 1.807) is 26.0 Å². The predicted octanol–water partition coefficient (Wildman–Crippen LogP) is 0.803. The Hall–Kier alpha value is -1.95. The zero-order chi connectivity index (χ0) is 13.3. The number of carbonyl (C=O) groups excluding carboxylic acids is 1. The third kappa shape index (κ3) is 1.95. The molecular formula is C12H14N4OS. The molecule has 0 saturated heterocycles. The maximum atomic E-state index is 12.1. The van der Waals surface area contributed by atoms with E-state index in [1.165, 1.54) is 5.01 Å². The monoisotopic (exact) mass is 262 g/mol. The molecule has 94 valence electrons. The number of amides is 1. The van der Waals surface area contributed by atoms with Crippen LogP contribution in [0.1, 0.15) is 5.56 Å². The minimum absolute atomic E-state index is 0.123. The standard InChI is InChI=1S/C12H14N4OS/c1-13-12(18)16(3)14-10-8-6-4-5-7-9(8)15(2)11(10)17/h4-7H,1-3H3,(H,13,18)/b14-10+. The second kappa shape index (κ2) is 4.73. The largest absolute Gasteiger partial charge is 0.364 e. The maximum Gasteiger partial charge on any atom is 0.279 e. The second-order valence-electron chi connectivity index (χ2n) is 3.91. The van der Waals surface area contributed by atoms with Crippen molar-refractivity contribution in [2.75, 3.05) is 26.0 Å². The van der Waals surface area contributed by atoms with E-state index in [0.29, 0.717) is 10.8 Å². The molecule has 1 aliphatic rings. The molecule has 0 saturated carbocycles. The molecule has 1 amide bonds. The van der Waals surface area contributed by atoms with Crippen molar-refractivity contribution in [2.24, 2.45) is 5.10 Å².